The highest BCUT2D eigenvalue weighted by atomic mass is 19.4. The van der Waals surface area contributed by atoms with Gasteiger partial charge in [0.1, 0.15) is 5.69 Å². The Kier molecular flexibility index (Phi) is 5.83. The van der Waals surface area contributed by atoms with E-state index >= 15 is 0 Å². The quantitative estimate of drug-likeness (QED) is 0.864. The topological polar surface area (TPSA) is 90.8 Å². The standard InChI is InChI=1S/C16H18F3N3O4/c1-21(9-12(23)22-7-3-4-10(8-22)15(25)26)14(24)13-11(16(17,18)19)5-2-6-20-13/h2,5-6,10H,3-4,7-9H2,1H3,(H,25,26). The Balaban J connectivity index is 2.08. The minimum Gasteiger partial charge on any atom is -0.481 e. The molecule has 1 aliphatic rings. The van der Waals surface area contributed by atoms with E-state index in [9.17, 15) is 27.6 Å². The van der Waals surface area contributed by atoms with Gasteiger partial charge < -0.3 is 14.9 Å². The van der Waals surface area contributed by atoms with Crippen LogP contribution in [-0.4, -0.2) is 64.4 Å². The van der Waals surface area contributed by atoms with Crippen molar-refractivity contribution in [2.24, 2.45) is 5.92 Å². The van der Waals surface area contributed by atoms with E-state index in [1.165, 1.54) is 11.9 Å². The molecule has 142 valence electrons. The molecule has 0 aromatic carbocycles. The lowest BCUT2D eigenvalue weighted by atomic mass is 9.98. The molecule has 26 heavy (non-hydrogen) atoms. The van der Waals surface area contributed by atoms with Crippen LogP contribution in [0.15, 0.2) is 18.3 Å². The minimum atomic E-state index is -4.74. The van der Waals surface area contributed by atoms with Gasteiger partial charge in [-0.25, -0.2) is 0 Å². The number of likely N-dealkylation sites (tertiary alicyclic amines) is 1. The Morgan fingerprint density at radius 3 is 2.69 bits per heavy atom. The van der Waals surface area contributed by atoms with Gasteiger partial charge in [0.25, 0.3) is 5.91 Å². The molecule has 0 aliphatic carbocycles. The van der Waals surface area contributed by atoms with Crippen LogP contribution in [0.3, 0.4) is 0 Å². The fourth-order valence-corrected chi connectivity index (χ4v) is 2.77. The molecule has 1 aromatic rings. The summed E-state index contributed by atoms with van der Waals surface area (Å²) >= 11 is 0. The third-order valence-corrected chi connectivity index (χ3v) is 4.16. The van der Waals surface area contributed by atoms with E-state index < -0.39 is 47.7 Å². The summed E-state index contributed by atoms with van der Waals surface area (Å²) in [6.45, 7) is -0.0886. The maximum absolute atomic E-state index is 13.0. The normalized spacial score (nSPS) is 17.7. The highest BCUT2D eigenvalue weighted by Crippen LogP contribution is 2.31. The highest BCUT2D eigenvalue weighted by Gasteiger charge is 2.37. The first-order chi connectivity index (χ1) is 12.1. The average molecular weight is 373 g/mol. The van der Waals surface area contributed by atoms with Crippen molar-refractivity contribution in [1.82, 2.24) is 14.8 Å². The van der Waals surface area contributed by atoms with E-state index in [0.29, 0.717) is 19.4 Å². The number of nitrogens with zero attached hydrogens (tertiary/aromatic N) is 3. The average Bonchev–Trinajstić information content (AvgIpc) is 2.60. The summed E-state index contributed by atoms with van der Waals surface area (Å²) in [5.74, 6) is -3.23. The van der Waals surface area contributed by atoms with Crippen molar-refractivity contribution in [3.8, 4) is 0 Å². The van der Waals surface area contributed by atoms with Gasteiger partial charge in [0, 0.05) is 26.3 Å². The molecular weight excluding hydrogens is 355 g/mol. The largest absolute Gasteiger partial charge is 0.481 e. The number of hydrogen-bond acceptors (Lipinski definition) is 4. The van der Waals surface area contributed by atoms with Crippen LogP contribution in [0.5, 0.6) is 0 Å². The zero-order valence-electron chi connectivity index (χ0n) is 14.0. The van der Waals surface area contributed by atoms with Crippen molar-refractivity contribution >= 4 is 17.8 Å². The van der Waals surface area contributed by atoms with Gasteiger partial charge in [-0.2, -0.15) is 13.2 Å². The monoisotopic (exact) mass is 373 g/mol. The van der Waals surface area contributed by atoms with Crippen molar-refractivity contribution in [2.75, 3.05) is 26.7 Å². The number of pyridine rings is 1. The molecule has 1 unspecified atom stereocenters. The van der Waals surface area contributed by atoms with E-state index in [1.807, 2.05) is 0 Å². The number of carbonyl (C=O) groups excluding carboxylic acids is 2. The number of rotatable bonds is 4. The molecular formula is C16H18F3N3O4. The van der Waals surface area contributed by atoms with Crippen molar-refractivity contribution in [1.29, 1.82) is 0 Å². The second-order valence-electron chi connectivity index (χ2n) is 6.08. The Labute approximate surface area is 147 Å². The predicted octanol–water partition coefficient (Wildman–Crippen LogP) is 1.50. The summed E-state index contributed by atoms with van der Waals surface area (Å²) in [7, 11) is 1.20. The second kappa shape index (κ2) is 7.71. The summed E-state index contributed by atoms with van der Waals surface area (Å²) in [5, 5.41) is 9.05. The van der Waals surface area contributed by atoms with E-state index in [-0.39, 0.29) is 6.54 Å². The van der Waals surface area contributed by atoms with Gasteiger partial charge in [0.2, 0.25) is 5.91 Å². The number of aromatic nitrogens is 1. The van der Waals surface area contributed by atoms with Crippen LogP contribution in [0.25, 0.3) is 0 Å². The number of amides is 2. The van der Waals surface area contributed by atoms with Gasteiger partial charge in [-0.1, -0.05) is 0 Å². The number of carboxylic acid groups (broad SMARTS) is 1. The fourth-order valence-electron chi connectivity index (χ4n) is 2.77. The molecule has 0 spiro atoms. The molecule has 1 aromatic heterocycles. The lowest BCUT2D eigenvalue weighted by Gasteiger charge is -2.32. The van der Waals surface area contributed by atoms with Gasteiger partial charge in [0.15, 0.2) is 0 Å². The summed E-state index contributed by atoms with van der Waals surface area (Å²) in [6.07, 6.45) is -2.71. The van der Waals surface area contributed by atoms with Crippen molar-refractivity contribution in [2.45, 2.75) is 19.0 Å². The molecule has 1 fully saturated rings. The van der Waals surface area contributed by atoms with Crippen LogP contribution in [0.1, 0.15) is 28.9 Å². The molecule has 1 saturated heterocycles. The number of alkyl halides is 3. The number of hydrogen-bond donors (Lipinski definition) is 1. The summed E-state index contributed by atoms with van der Waals surface area (Å²) in [5.41, 5.74) is -1.95. The van der Waals surface area contributed by atoms with Crippen LogP contribution in [0.2, 0.25) is 0 Å². The molecule has 2 heterocycles. The molecule has 0 bridgehead atoms. The summed E-state index contributed by atoms with van der Waals surface area (Å²) < 4.78 is 39.0. The lowest BCUT2D eigenvalue weighted by molar-refractivity contribution is -0.145. The van der Waals surface area contributed by atoms with Crippen LogP contribution >= 0.6 is 0 Å². The van der Waals surface area contributed by atoms with Crippen molar-refractivity contribution in [3.63, 3.8) is 0 Å². The Hall–Kier alpha value is -2.65. The molecule has 0 radical (unpaired) electrons. The highest BCUT2D eigenvalue weighted by molar-refractivity contribution is 5.96. The number of halogens is 3. The Morgan fingerprint density at radius 2 is 2.08 bits per heavy atom. The Morgan fingerprint density at radius 1 is 1.38 bits per heavy atom. The second-order valence-corrected chi connectivity index (χ2v) is 6.08. The maximum atomic E-state index is 13.0. The van der Waals surface area contributed by atoms with Crippen LogP contribution in [0, 0.1) is 5.92 Å². The summed E-state index contributed by atoms with van der Waals surface area (Å²) in [4.78, 5) is 41.3. The SMILES string of the molecule is CN(CC(=O)N1CCCC(C(=O)O)C1)C(=O)c1ncccc1C(F)(F)F. The van der Waals surface area contributed by atoms with Crippen molar-refractivity contribution < 1.29 is 32.7 Å². The van der Waals surface area contributed by atoms with E-state index in [2.05, 4.69) is 4.98 Å². The number of likely N-dealkylation sites (N-methyl/N-ethyl adjacent to an activating group) is 1. The van der Waals surface area contributed by atoms with Crippen LogP contribution < -0.4 is 0 Å². The lowest BCUT2D eigenvalue weighted by Crippen LogP contribution is -2.47. The van der Waals surface area contributed by atoms with Gasteiger partial charge >= 0.3 is 12.1 Å². The fraction of sp³-hybridized carbons (Fsp3) is 0.500. The first-order valence-corrected chi connectivity index (χ1v) is 7.89. The zero-order valence-corrected chi connectivity index (χ0v) is 14.0. The third kappa shape index (κ3) is 4.50. The number of carboxylic acids is 1. The van der Waals surface area contributed by atoms with E-state index in [4.69, 9.17) is 5.11 Å². The first-order valence-electron chi connectivity index (χ1n) is 7.89. The van der Waals surface area contributed by atoms with Gasteiger partial charge in [0.05, 0.1) is 18.0 Å². The number of carbonyl (C=O) groups is 3. The smallest absolute Gasteiger partial charge is 0.418 e. The van der Waals surface area contributed by atoms with Crippen LogP contribution in [-0.2, 0) is 15.8 Å². The number of piperidine rings is 1. The van der Waals surface area contributed by atoms with Crippen molar-refractivity contribution in [3.05, 3.63) is 29.6 Å². The predicted molar refractivity (Wildman–Crippen MR) is 83.1 cm³/mol. The molecule has 1 atom stereocenters. The van der Waals surface area contributed by atoms with Gasteiger partial charge in [-0.3, -0.25) is 19.4 Å². The summed E-state index contributed by atoms with van der Waals surface area (Å²) in [6, 6.07) is 1.82. The molecule has 0 saturated carbocycles. The molecule has 2 amide bonds. The third-order valence-electron chi connectivity index (χ3n) is 4.16. The van der Waals surface area contributed by atoms with E-state index in [1.54, 1.807) is 0 Å². The van der Waals surface area contributed by atoms with E-state index in [0.717, 1.165) is 23.2 Å². The molecule has 7 nitrogen and oxygen atoms in total. The zero-order chi connectivity index (χ0) is 19.5. The number of aliphatic carboxylic acids is 1. The van der Waals surface area contributed by atoms with Gasteiger partial charge in [-0.05, 0) is 25.0 Å². The Bertz CT molecular complexity index is 708. The molecule has 1 N–H and O–H groups in total. The minimum absolute atomic E-state index is 0.0214. The molecule has 1 aliphatic heterocycles. The molecule has 2 rings (SSSR count). The first kappa shape index (κ1) is 19.7. The van der Waals surface area contributed by atoms with Gasteiger partial charge in [-0.15, -0.1) is 0 Å². The maximum Gasteiger partial charge on any atom is 0.418 e. The van der Waals surface area contributed by atoms with Crippen LogP contribution in [0.4, 0.5) is 13.2 Å². The molecule has 10 heteroatoms.